The molecule has 4 saturated heterocycles. The summed E-state index contributed by atoms with van der Waals surface area (Å²) in [5.74, 6) is -0.236. The fraction of sp³-hybridized carbons (Fsp3) is 0.944. The minimum atomic E-state index is -0.207. The fourth-order valence-electron chi connectivity index (χ4n) is 9.07. The summed E-state index contributed by atoms with van der Waals surface area (Å²) in [6, 6.07) is 1.03. The number of hydroxylamine groups is 4. The Balaban J connectivity index is 1.09. The molecule has 2 N–H and O–H groups in total. The first kappa shape index (κ1) is 37.5. The zero-order chi connectivity index (χ0) is 33.6. The van der Waals surface area contributed by atoms with Gasteiger partial charge in [0.25, 0.3) is 0 Å². The molecule has 4 aliphatic heterocycles. The van der Waals surface area contributed by atoms with E-state index < -0.39 is 0 Å². The van der Waals surface area contributed by atoms with Gasteiger partial charge in [0, 0.05) is 77.3 Å². The van der Waals surface area contributed by atoms with Crippen molar-refractivity contribution in [2.75, 3.05) is 52.4 Å². The van der Waals surface area contributed by atoms with Crippen LogP contribution in [0, 0.1) is 0 Å². The van der Waals surface area contributed by atoms with E-state index in [1.807, 2.05) is 10.1 Å². The van der Waals surface area contributed by atoms with Crippen LogP contribution in [-0.4, -0.2) is 118 Å². The topological polar surface area (TPSA) is 89.6 Å². The van der Waals surface area contributed by atoms with Gasteiger partial charge in [-0.15, -0.1) is 10.1 Å². The van der Waals surface area contributed by atoms with Crippen molar-refractivity contribution in [3.05, 3.63) is 0 Å². The second kappa shape index (κ2) is 15.9. The van der Waals surface area contributed by atoms with Gasteiger partial charge in [-0.05, 0) is 93.9 Å². The molecule has 0 unspecified atom stereocenters. The lowest BCUT2D eigenvalue weighted by atomic mass is 9.78. The number of hydrogen-bond donors (Lipinski definition) is 2. The van der Waals surface area contributed by atoms with Crippen LogP contribution in [0.3, 0.4) is 0 Å². The summed E-state index contributed by atoms with van der Waals surface area (Å²) in [6.07, 6.45) is 10.7. The monoisotopic (exact) mass is 649 g/mol. The Morgan fingerprint density at radius 3 is 1.11 bits per heavy atom. The highest BCUT2D eigenvalue weighted by Crippen LogP contribution is 2.42. The average Bonchev–Trinajstić information content (AvgIpc) is 2.98. The number of unbranched alkanes of at least 4 members (excludes halogenated alkanes) is 5. The van der Waals surface area contributed by atoms with Crippen LogP contribution >= 0.6 is 0 Å². The molecule has 0 saturated carbocycles. The summed E-state index contributed by atoms with van der Waals surface area (Å²) in [5, 5.41) is 10.9. The molecule has 0 spiro atoms. The van der Waals surface area contributed by atoms with E-state index in [0.29, 0.717) is 24.9 Å². The van der Waals surface area contributed by atoms with Gasteiger partial charge in [0.15, 0.2) is 0 Å². The number of hydrogen-bond acceptors (Lipinski definition) is 10. The summed E-state index contributed by atoms with van der Waals surface area (Å²) in [4.78, 5) is 43.1. The molecule has 4 aliphatic rings. The van der Waals surface area contributed by atoms with Crippen molar-refractivity contribution in [3.8, 4) is 0 Å². The van der Waals surface area contributed by atoms with Crippen LogP contribution in [0.2, 0.25) is 0 Å². The van der Waals surface area contributed by atoms with Crippen molar-refractivity contribution in [2.45, 2.75) is 167 Å². The second-order valence-electron chi connectivity index (χ2n) is 17.1. The van der Waals surface area contributed by atoms with Gasteiger partial charge in [-0.1, -0.05) is 25.7 Å². The number of nitrogens with one attached hydrogen (secondary N) is 2. The summed E-state index contributed by atoms with van der Waals surface area (Å²) in [5.41, 5.74) is -0.829. The third kappa shape index (κ3) is 10.1. The predicted molar refractivity (Wildman–Crippen MR) is 184 cm³/mol. The van der Waals surface area contributed by atoms with E-state index in [1.165, 1.54) is 0 Å². The number of rotatable bonds is 13. The van der Waals surface area contributed by atoms with Gasteiger partial charge in [0.2, 0.25) is 0 Å². The van der Waals surface area contributed by atoms with Gasteiger partial charge in [0.1, 0.15) is 0 Å². The molecular weight excluding hydrogens is 580 g/mol. The van der Waals surface area contributed by atoms with Crippen molar-refractivity contribution in [1.29, 1.82) is 0 Å². The van der Waals surface area contributed by atoms with Crippen LogP contribution in [0.5, 0.6) is 0 Å². The Bertz CT molecular complexity index is 875. The first-order valence-electron chi connectivity index (χ1n) is 18.5. The first-order valence-corrected chi connectivity index (χ1v) is 18.5. The molecule has 0 aromatic carbocycles. The molecule has 0 bridgehead atoms. The highest BCUT2D eigenvalue weighted by molar-refractivity contribution is 5.69. The molecular formula is C36H68N6O4. The highest BCUT2D eigenvalue weighted by Gasteiger charge is 2.50. The molecule has 4 fully saturated rings. The van der Waals surface area contributed by atoms with Crippen LogP contribution in [0.25, 0.3) is 0 Å². The maximum absolute atomic E-state index is 12.9. The maximum Gasteiger partial charge on any atom is 0.325 e. The Labute approximate surface area is 280 Å². The van der Waals surface area contributed by atoms with E-state index in [0.717, 1.165) is 117 Å². The minimum Gasteiger partial charge on any atom is -0.367 e. The summed E-state index contributed by atoms with van der Waals surface area (Å²) < 4.78 is 0. The lowest BCUT2D eigenvalue weighted by Gasteiger charge is -2.55. The minimum absolute atomic E-state index is 0.118. The lowest BCUT2D eigenvalue weighted by molar-refractivity contribution is -0.272. The average molecular weight is 649 g/mol. The normalized spacial score (nSPS) is 26.5. The molecule has 46 heavy (non-hydrogen) atoms. The van der Waals surface area contributed by atoms with Gasteiger partial charge in [-0.25, -0.2) is 0 Å². The number of piperazine rings is 2. The lowest BCUT2D eigenvalue weighted by Crippen LogP contribution is -2.65. The number of carbonyl (C=O) groups excluding carboxylic acids is 2. The quantitative estimate of drug-likeness (QED) is 0.270. The Kier molecular flexibility index (Phi) is 13.0. The molecule has 10 heteroatoms. The molecule has 266 valence electrons. The predicted octanol–water partition coefficient (Wildman–Crippen LogP) is 4.88. The van der Waals surface area contributed by atoms with Crippen LogP contribution < -0.4 is 10.6 Å². The van der Waals surface area contributed by atoms with Crippen molar-refractivity contribution in [1.82, 2.24) is 30.6 Å². The second-order valence-corrected chi connectivity index (χ2v) is 17.1. The largest absolute Gasteiger partial charge is 0.367 e. The van der Waals surface area contributed by atoms with E-state index in [4.69, 9.17) is 9.68 Å². The van der Waals surface area contributed by atoms with Crippen LogP contribution in [0.1, 0.15) is 132 Å². The standard InChI is InChI=1S/C36H68N6O4/c1-33(2)25-29(39-21-17-37-18-22-39)26-34(3,4)41(33)45-31(43)15-13-11-9-10-12-14-16-32(44)46-42-35(5,6)27-30(28-36(42,7)8)40-23-19-38-20-24-40/h29-30,37-38H,9-28H2,1-8H3. The zero-order valence-electron chi connectivity index (χ0n) is 30.7. The highest BCUT2D eigenvalue weighted by atomic mass is 16.7. The van der Waals surface area contributed by atoms with Gasteiger partial charge >= 0.3 is 11.9 Å². The van der Waals surface area contributed by atoms with Crippen LogP contribution in [0.4, 0.5) is 0 Å². The van der Waals surface area contributed by atoms with E-state index in [2.05, 4.69) is 75.8 Å². The molecule has 0 aliphatic carbocycles. The fourth-order valence-corrected chi connectivity index (χ4v) is 9.07. The number of carbonyl (C=O) groups is 2. The van der Waals surface area contributed by atoms with Crippen molar-refractivity contribution >= 4 is 11.9 Å². The Hall–Kier alpha value is -1.30. The molecule has 4 heterocycles. The Morgan fingerprint density at radius 2 is 0.804 bits per heavy atom. The third-order valence-electron chi connectivity index (χ3n) is 10.9. The zero-order valence-corrected chi connectivity index (χ0v) is 30.7. The van der Waals surface area contributed by atoms with Crippen molar-refractivity contribution in [2.24, 2.45) is 0 Å². The SMILES string of the molecule is CC1(C)CC(N2CCNCC2)CC(C)(C)N1OC(=O)CCCCCCCCC(=O)ON1C(C)(C)CC(N2CCNCC2)CC1(C)C. The number of piperidine rings is 2. The molecule has 0 amide bonds. The first-order chi connectivity index (χ1) is 21.6. The molecule has 4 rings (SSSR count). The molecule has 10 nitrogen and oxygen atoms in total. The van der Waals surface area contributed by atoms with Crippen molar-refractivity contribution < 1.29 is 19.3 Å². The van der Waals surface area contributed by atoms with Gasteiger partial charge in [-0.3, -0.25) is 19.4 Å². The van der Waals surface area contributed by atoms with E-state index >= 15 is 0 Å². The Morgan fingerprint density at radius 1 is 0.522 bits per heavy atom. The van der Waals surface area contributed by atoms with E-state index in [9.17, 15) is 9.59 Å². The van der Waals surface area contributed by atoms with Crippen LogP contribution in [0.15, 0.2) is 0 Å². The van der Waals surface area contributed by atoms with Gasteiger partial charge in [-0.2, -0.15) is 0 Å². The van der Waals surface area contributed by atoms with Gasteiger partial charge < -0.3 is 20.3 Å². The van der Waals surface area contributed by atoms with Gasteiger partial charge in [0.05, 0.1) is 22.2 Å². The maximum atomic E-state index is 12.9. The van der Waals surface area contributed by atoms with E-state index in [-0.39, 0.29) is 34.1 Å². The molecule has 0 atom stereocenters. The van der Waals surface area contributed by atoms with Crippen molar-refractivity contribution in [3.63, 3.8) is 0 Å². The number of nitrogens with zero attached hydrogens (tertiary/aromatic N) is 4. The smallest absolute Gasteiger partial charge is 0.325 e. The molecule has 0 aromatic heterocycles. The van der Waals surface area contributed by atoms with E-state index in [1.54, 1.807) is 0 Å². The summed E-state index contributed by atoms with van der Waals surface area (Å²) in [7, 11) is 0. The summed E-state index contributed by atoms with van der Waals surface area (Å²) in [6.45, 7) is 26.3. The molecule has 0 aromatic rings. The molecule has 0 radical (unpaired) electrons. The third-order valence-corrected chi connectivity index (χ3v) is 10.9. The van der Waals surface area contributed by atoms with Crippen LogP contribution in [-0.2, 0) is 19.3 Å². The summed E-state index contributed by atoms with van der Waals surface area (Å²) >= 11 is 0.